The third kappa shape index (κ3) is 6.01. The van der Waals surface area contributed by atoms with Gasteiger partial charge in [-0.15, -0.1) is 0 Å². The highest BCUT2D eigenvalue weighted by Gasteiger charge is 2.25. The second-order valence-corrected chi connectivity index (χ2v) is 9.16. The summed E-state index contributed by atoms with van der Waals surface area (Å²) in [6.45, 7) is 3.74. The van der Waals surface area contributed by atoms with Crippen LogP contribution in [-0.4, -0.2) is 43.7 Å². The first-order valence-corrected chi connectivity index (χ1v) is 11.8. The normalized spacial score (nSPS) is 15.1. The molecule has 7 nitrogen and oxygen atoms in total. The molecular weight excluding hydrogens is 420 g/mol. The maximum atomic E-state index is 12.7. The molecule has 2 aromatic carbocycles. The van der Waals surface area contributed by atoms with Gasteiger partial charge in [0.05, 0.1) is 17.7 Å². The van der Waals surface area contributed by atoms with Crippen molar-refractivity contribution in [3.63, 3.8) is 0 Å². The molecule has 0 amide bonds. The first-order valence-electron chi connectivity index (χ1n) is 9.92. The van der Waals surface area contributed by atoms with Crippen LogP contribution in [0.3, 0.4) is 0 Å². The number of nitrogens with zero attached hydrogens (tertiary/aromatic N) is 2. The Hall–Kier alpha value is -2.49. The number of thiocarbonyl (C=S) groups is 1. The highest BCUT2D eigenvalue weighted by molar-refractivity contribution is 7.89. The molecular formula is C21H26N4O3S2. The largest absolute Gasteiger partial charge is 0.494 e. The van der Waals surface area contributed by atoms with E-state index in [4.69, 9.17) is 17.0 Å². The molecule has 0 bridgehead atoms. The molecule has 0 radical (unpaired) electrons. The SMILES string of the molecule is CCOc1ccc(/C=N/NC(=S)Nc2ccc(S(=O)(=O)N3CCCCC3)cc2)cc1. The van der Waals surface area contributed by atoms with E-state index in [0.717, 1.165) is 30.6 Å². The van der Waals surface area contributed by atoms with E-state index in [9.17, 15) is 8.42 Å². The van der Waals surface area contributed by atoms with Gasteiger partial charge in [0.15, 0.2) is 5.11 Å². The van der Waals surface area contributed by atoms with E-state index in [-0.39, 0.29) is 0 Å². The Morgan fingerprint density at radius 3 is 2.40 bits per heavy atom. The van der Waals surface area contributed by atoms with Gasteiger partial charge >= 0.3 is 0 Å². The lowest BCUT2D eigenvalue weighted by atomic mass is 10.2. The van der Waals surface area contributed by atoms with Crippen LogP contribution in [0, 0.1) is 0 Å². The molecule has 3 rings (SSSR count). The number of hydrogen-bond acceptors (Lipinski definition) is 5. The van der Waals surface area contributed by atoms with Crippen LogP contribution in [0.4, 0.5) is 5.69 Å². The Morgan fingerprint density at radius 2 is 1.77 bits per heavy atom. The minimum absolute atomic E-state index is 0.294. The first kappa shape index (κ1) is 22.2. The molecule has 0 spiro atoms. The number of ether oxygens (including phenoxy) is 1. The molecule has 1 saturated heterocycles. The predicted molar refractivity (Wildman–Crippen MR) is 124 cm³/mol. The lowest BCUT2D eigenvalue weighted by Crippen LogP contribution is -2.35. The average molecular weight is 447 g/mol. The molecule has 0 unspecified atom stereocenters. The minimum atomic E-state index is -3.43. The number of hydrogen-bond donors (Lipinski definition) is 2. The minimum Gasteiger partial charge on any atom is -0.494 e. The molecule has 0 atom stereocenters. The molecule has 1 aliphatic heterocycles. The van der Waals surface area contributed by atoms with Crippen LogP contribution >= 0.6 is 12.2 Å². The van der Waals surface area contributed by atoms with Crippen molar-refractivity contribution in [2.45, 2.75) is 31.1 Å². The van der Waals surface area contributed by atoms with Crippen LogP contribution in [0.25, 0.3) is 0 Å². The molecule has 1 heterocycles. The molecule has 0 aliphatic carbocycles. The summed E-state index contributed by atoms with van der Waals surface area (Å²) < 4.78 is 32.3. The monoisotopic (exact) mass is 446 g/mol. The van der Waals surface area contributed by atoms with Crippen LogP contribution in [0.2, 0.25) is 0 Å². The lowest BCUT2D eigenvalue weighted by Gasteiger charge is -2.25. The number of sulfonamides is 1. The van der Waals surface area contributed by atoms with Crippen molar-refractivity contribution in [1.82, 2.24) is 9.73 Å². The molecule has 1 fully saturated rings. The van der Waals surface area contributed by atoms with Crippen molar-refractivity contribution in [2.24, 2.45) is 5.10 Å². The molecule has 9 heteroatoms. The predicted octanol–water partition coefficient (Wildman–Crippen LogP) is 3.58. The summed E-state index contributed by atoms with van der Waals surface area (Å²) in [5.74, 6) is 0.811. The number of nitrogens with one attached hydrogen (secondary N) is 2. The molecule has 0 aromatic heterocycles. The van der Waals surface area contributed by atoms with Gasteiger partial charge in [0.2, 0.25) is 10.0 Å². The summed E-state index contributed by atoms with van der Waals surface area (Å²) in [5, 5.41) is 7.41. The second-order valence-electron chi connectivity index (χ2n) is 6.82. The molecule has 2 N–H and O–H groups in total. The maximum Gasteiger partial charge on any atom is 0.243 e. The Morgan fingerprint density at radius 1 is 1.10 bits per heavy atom. The fourth-order valence-corrected chi connectivity index (χ4v) is 4.79. The number of hydrazone groups is 1. The Bertz CT molecular complexity index is 968. The Kier molecular flexibility index (Phi) is 7.78. The van der Waals surface area contributed by atoms with Crippen molar-refractivity contribution in [3.05, 3.63) is 54.1 Å². The third-order valence-corrected chi connectivity index (χ3v) is 6.74. The van der Waals surface area contributed by atoms with Crippen LogP contribution in [0.15, 0.2) is 58.5 Å². The average Bonchev–Trinajstić information content (AvgIpc) is 2.76. The molecule has 1 aliphatic rings. The van der Waals surface area contributed by atoms with Crippen molar-refractivity contribution < 1.29 is 13.2 Å². The zero-order chi connectivity index (χ0) is 21.4. The van der Waals surface area contributed by atoms with E-state index in [0.29, 0.717) is 35.4 Å². The van der Waals surface area contributed by atoms with Gasteiger partial charge in [-0.1, -0.05) is 6.42 Å². The number of rotatable bonds is 7. The third-order valence-electron chi connectivity index (χ3n) is 4.64. The number of benzene rings is 2. The summed E-state index contributed by atoms with van der Waals surface area (Å²) in [6, 6.07) is 14.1. The summed E-state index contributed by atoms with van der Waals surface area (Å²) in [4.78, 5) is 0.294. The van der Waals surface area contributed by atoms with Crippen LogP contribution < -0.4 is 15.5 Å². The molecule has 0 saturated carbocycles. The summed E-state index contributed by atoms with van der Waals surface area (Å²) in [6.07, 6.45) is 4.56. The van der Waals surface area contributed by atoms with Gasteiger partial charge in [0.1, 0.15) is 5.75 Å². The van der Waals surface area contributed by atoms with Crippen molar-refractivity contribution in [3.8, 4) is 5.75 Å². The second kappa shape index (κ2) is 10.5. The van der Waals surface area contributed by atoms with E-state index >= 15 is 0 Å². The zero-order valence-electron chi connectivity index (χ0n) is 16.9. The summed E-state index contributed by atoms with van der Waals surface area (Å²) >= 11 is 5.23. The highest BCUT2D eigenvalue weighted by Crippen LogP contribution is 2.22. The van der Waals surface area contributed by atoms with Crippen molar-refractivity contribution in [1.29, 1.82) is 0 Å². The lowest BCUT2D eigenvalue weighted by molar-refractivity contribution is 0.340. The molecule has 30 heavy (non-hydrogen) atoms. The molecule has 2 aromatic rings. The van der Waals surface area contributed by atoms with Crippen LogP contribution in [0.5, 0.6) is 5.75 Å². The van der Waals surface area contributed by atoms with Crippen molar-refractivity contribution in [2.75, 3.05) is 25.0 Å². The number of piperidine rings is 1. The summed E-state index contributed by atoms with van der Waals surface area (Å²) in [5.41, 5.74) is 4.33. The van der Waals surface area contributed by atoms with E-state index in [2.05, 4.69) is 15.8 Å². The van der Waals surface area contributed by atoms with Gasteiger partial charge in [-0.25, -0.2) is 8.42 Å². The standard InChI is InChI=1S/C21H26N4O3S2/c1-2-28-19-10-6-17(7-11-19)16-22-24-21(29)23-18-8-12-20(13-9-18)30(26,27)25-14-4-3-5-15-25/h6-13,16H,2-5,14-15H2,1H3,(H2,23,24,29)/b22-16+. The fourth-order valence-electron chi connectivity index (χ4n) is 3.11. The zero-order valence-corrected chi connectivity index (χ0v) is 18.5. The van der Waals surface area contributed by atoms with E-state index in [1.54, 1.807) is 34.8 Å². The van der Waals surface area contributed by atoms with Gasteiger partial charge in [-0.3, -0.25) is 5.43 Å². The quantitative estimate of drug-likeness (QED) is 0.384. The van der Waals surface area contributed by atoms with E-state index < -0.39 is 10.0 Å². The van der Waals surface area contributed by atoms with Gasteiger partial charge in [-0.2, -0.15) is 9.41 Å². The first-order chi connectivity index (χ1) is 14.5. The van der Waals surface area contributed by atoms with E-state index in [1.807, 2.05) is 31.2 Å². The maximum absolute atomic E-state index is 12.7. The van der Waals surface area contributed by atoms with Gasteiger partial charge in [0, 0.05) is 18.8 Å². The van der Waals surface area contributed by atoms with Gasteiger partial charge in [0.25, 0.3) is 0 Å². The van der Waals surface area contributed by atoms with Crippen molar-refractivity contribution >= 4 is 39.3 Å². The fraction of sp³-hybridized carbons (Fsp3) is 0.333. The molecule has 160 valence electrons. The topological polar surface area (TPSA) is 83.0 Å². The van der Waals surface area contributed by atoms with Crippen LogP contribution in [-0.2, 0) is 10.0 Å². The Labute approximate surface area is 183 Å². The smallest absolute Gasteiger partial charge is 0.243 e. The van der Waals surface area contributed by atoms with Gasteiger partial charge in [-0.05, 0) is 86.1 Å². The number of anilines is 1. The van der Waals surface area contributed by atoms with Gasteiger partial charge < -0.3 is 10.1 Å². The van der Waals surface area contributed by atoms with Crippen LogP contribution in [0.1, 0.15) is 31.7 Å². The Balaban J connectivity index is 1.52. The van der Waals surface area contributed by atoms with E-state index in [1.165, 1.54) is 0 Å². The highest BCUT2D eigenvalue weighted by atomic mass is 32.2. The summed E-state index contributed by atoms with van der Waals surface area (Å²) in [7, 11) is -3.43.